The number of nitrogens with zero attached hydrogens (tertiary/aromatic N) is 3. The fourth-order valence-corrected chi connectivity index (χ4v) is 4.81. The molecular formula is C29H32F3N5O3. The van der Waals surface area contributed by atoms with Crippen LogP contribution in [0, 0.1) is 6.92 Å². The van der Waals surface area contributed by atoms with E-state index in [0.29, 0.717) is 48.3 Å². The molecule has 0 spiro atoms. The molecule has 8 nitrogen and oxygen atoms in total. The molecule has 0 atom stereocenters. The number of nitrogens with one attached hydrogen (secondary N) is 2. The van der Waals surface area contributed by atoms with Gasteiger partial charge in [0.1, 0.15) is 12.4 Å². The SMILES string of the molecule is CCN1CCN(Cc2cc(NC(=O)c3ccc(C)c(Oc4ccnc5c4OCCN5)c3)cc(C(F)(F)F)c2)CC1. The lowest BCUT2D eigenvalue weighted by molar-refractivity contribution is -0.137. The third kappa shape index (κ3) is 6.48. The Morgan fingerprint density at radius 3 is 2.60 bits per heavy atom. The number of carbonyl (C=O) groups excluding carboxylic acids is 1. The molecule has 11 heteroatoms. The van der Waals surface area contributed by atoms with Crippen LogP contribution in [0.15, 0.2) is 48.7 Å². The number of alkyl halides is 3. The van der Waals surface area contributed by atoms with Crippen LogP contribution in [0.1, 0.15) is 34.0 Å². The summed E-state index contributed by atoms with van der Waals surface area (Å²) in [5.74, 6) is 1.38. The number of piperazine rings is 1. The molecule has 3 aromatic rings. The zero-order valence-electron chi connectivity index (χ0n) is 22.5. The lowest BCUT2D eigenvalue weighted by Gasteiger charge is -2.34. The van der Waals surface area contributed by atoms with Crippen molar-refractivity contribution in [2.24, 2.45) is 0 Å². The molecule has 1 amide bonds. The minimum absolute atomic E-state index is 0.0905. The summed E-state index contributed by atoms with van der Waals surface area (Å²) in [7, 11) is 0. The summed E-state index contributed by atoms with van der Waals surface area (Å²) in [5.41, 5.74) is 0.816. The maximum Gasteiger partial charge on any atom is 0.416 e. The predicted molar refractivity (Wildman–Crippen MR) is 146 cm³/mol. The lowest BCUT2D eigenvalue weighted by atomic mass is 10.1. The van der Waals surface area contributed by atoms with E-state index in [2.05, 4.69) is 32.3 Å². The Bertz CT molecular complexity index is 1370. The molecule has 0 saturated carbocycles. The van der Waals surface area contributed by atoms with E-state index >= 15 is 0 Å². The number of benzene rings is 2. The van der Waals surface area contributed by atoms with Gasteiger partial charge in [0.25, 0.3) is 5.91 Å². The molecule has 0 unspecified atom stereocenters. The normalized spacial score (nSPS) is 16.0. The Kier molecular flexibility index (Phi) is 8.13. The van der Waals surface area contributed by atoms with Gasteiger partial charge < -0.3 is 25.0 Å². The van der Waals surface area contributed by atoms with E-state index in [1.807, 2.05) is 6.92 Å². The molecule has 1 aromatic heterocycles. The van der Waals surface area contributed by atoms with Crippen LogP contribution in [0.5, 0.6) is 17.2 Å². The molecule has 212 valence electrons. The fraction of sp³-hybridized carbons (Fsp3) is 0.379. The van der Waals surface area contributed by atoms with Crippen molar-refractivity contribution in [2.45, 2.75) is 26.6 Å². The number of ether oxygens (including phenoxy) is 2. The number of amides is 1. The number of pyridine rings is 1. The number of hydrogen-bond donors (Lipinski definition) is 2. The number of anilines is 2. The number of carbonyl (C=O) groups is 1. The highest BCUT2D eigenvalue weighted by atomic mass is 19.4. The molecule has 1 saturated heterocycles. The van der Waals surface area contributed by atoms with Gasteiger partial charge in [-0.1, -0.05) is 13.0 Å². The fourth-order valence-electron chi connectivity index (χ4n) is 4.81. The van der Waals surface area contributed by atoms with E-state index in [-0.39, 0.29) is 11.3 Å². The van der Waals surface area contributed by atoms with Gasteiger partial charge in [-0.3, -0.25) is 9.69 Å². The van der Waals surface area contributed by atoms with Gasteiger partial charge in [-0.25, -0.2) is 4.98 Å². The average Bonchev–Trinajstić information content (AvgIpc) is 2.94. The number of rotatable bonds is 7. The highest BCUT2D eigenvalue weighted by molar-refractivity contribution is 6.04. The molecule has 0 aliphatic carbocycles. The van der Waals surface area contributed by atoms with Crippen molar-refractivity contribution in [3.8, 4) is 17.2 Å². The third-order valence-corrected chi connectivity index (χ3v) is 7.08. The number of likely N-dealkylation sites (N-methyl/N-ethyl adjacent to an activating group) is 1. The van der Waals surface area contributed by atoms with Gasteiger partial charge in [0.05, 0.1) is 12.1 Å². The van der Waals surface area contributed by atoms with Crippen LogP contribution in [-0.2, 0) is 12.7 Å². The second-order valence-electron chi connectivity index (χ2n) is 9.93. The van der Waals surface area contributed by atoms with E-state index < -0.39 is 17.6 Å². The number of aryl methyl sites for hydroxylation is 1. The van der Waals surface area contributed by atoms with Gasteiger partial charge in [-0.15, -0.1) is 0 Å². The number of hydrogen-bond acceptors (Lipinski definition) is 7. The monoisotopic (exact) mass is 555 g/mol. The first-order valence-electron chi connectivity index (χ1n) is 13.3. The summed E-state index contributed by atoms with van der Waals surface area (Å²) < 4.78 is 53.0. The topological polar surface area (TPSA) is 79.0 Å². The first-order chi connectivity index (χ1) is 19.2. The number of aromatic nitrogens is 1. The highest BCUT2D eigenvalue weighted by Gasteiger charge is 2.32. The lowest BCUT2D eigenvalue weighted by Crippen LogP contribution is -2.45. The summed E-state index contributed by atoms with van der Waals surface area (Å²) >= 11 is 0. The number of halogens is 3. The molecule has 0 radical (unpaired) electrons. The summed E-state index contributed by atoms with van der Waals surface area (Å²) in [6, 6.07) is 10.3. The van der Waals surface area contributed by atoms with Crippen molar-refractivity contribution in [3.63, 3.8) is 0 Å². The van der Waals surface area contributed by atoms with Gasteiger partial charge in [0.15, 0.2) is 11.6 Å². The zero-order valence-corrected chi connectivity index (χ0v) is 22.5. The molecule has 3 heterocycles. The molecule has 1 fully saturated rings. The molecule has 5 rings (SSSR count). The Hall–Kier alpha value is -3.83. The van der Waals surface area contributed by atoms with E-state index in [0.717, 1.165) is 50.4 Å². The Labute approximate surface area is 231 Å². The summed E-state index contributed by atoms with van der Waals surface area (Å²) in [5, 5.41) is 5.80. The highest BCUT2D eigenvalue weighted by Crippen LogP contribution is 2.39. The van der Waals surface area contributed by atoms with Gasteiger partial charge in [0.2, 0.25) is 5.75 Å². The van der Waals surface area contributed by atoms with Crippen LogP contribution in [-0.4, -0.2) is 66.6 Å². The van der Waals surface area contributed by atoms with Crippen molar-refractivity contribution in [3.05, 3.63) is 70.9 Å². The maximum absolute atomic E-state index is 13.7. The van der Waals surface area contributed by atoms with Gasteiger partial charge in [-0.05, 0) is 54.9 Å². The van der Waals surface area contributed by atoms with Crippen LogP contribution in [0.3, 0.4) is 0 Å². The van der Waals surface area contributed by atoms with Crippen LogP contribution < -0.4 is 20.1 Å². The smallest absolute Gasteiger partial charge is 0.416 e. The van der Waals surface area contributed by atoms with E-state index in [9.17, 15) is 18.0 Å². The van der Waals surface area contributed by atoms with Crippen LogP contribution in [0.25, 0.3) is 0 Å². The molecule has 0 bridgehead atoms. The summed E-state index contributed by atoms with van der Waals surface area (Å²) in [6.07, 6.45) is -2.95. The van der Waals surface area contributed by atoms with Gasteiger partial charge in [0, 0.05) is 56.2 Å². The van der Waals surface area contributed by atoms with Crippen LogP contribution >= 0.6 is 0 Å². The quantitative estimate of drug-likeness (QED) is 0.405. The van der Waals surface area contributed by atoms with E-state index in [1.165, 1.54) is 0 Å². The molecule has 2 aromatic carbocycles. The average molecular weight is 556 g/mol. The Morgan fingerprint density at radius 2 is 1.85 bits per heavy atom. The van der Waals surface area contributed by atoms with Crippen molar-refractivity contribution < 1.29 is 27.4 Å². The minimum Gasteiger partial charge on any atom is -0.485 e. The second kappa shape index (κ2) is 11.7. The molecule has 2 aliphatic rings. The van der Waals surface area contributed by atoms with E-state index in [1.54, 1.807) is 36.5 Å². The second-order valence-corrected chi connectivity index (χ2v) is 9.93. The standard InChI is InChI=1S/C29H32F3N5O3/c1-3-36-9-11-37(12-10-36)18-20-14-22(29(30,31)32)17-23(15-20)35-28(38)21-5-4-19(2)25(16-21)40-24-6-7-33-27-26(24)39-13-8-34-27/h4-7,14-17H,3,8-13,18H2,1-2H3,(H,33,34)(H,35,38). The van der Waals surface area contributed by atoms with Gasteiger partial charge >= 0.3 is 6.18 Å². The molecule has 2 aliphatic heterocycles. The number of fused-ring (bicyclic) bond motifs is 1. The van der Waals surface area contributed by atoms with Crippen LogP contribution in [0.4, 0.5) is 24.7 Å². The maximum atomic E-state index is 13.7. The predicted octanol–water partition coefficient (Wildman–Crippen LogP) is 5.40. The van der Waals surface area contributed by atoms with Gasteiger partial charge in [-0.2, -0.15) is 13.2 Å². The zero-order chi connectivity index (χ0) is 28.3. The Balaban J connectivity index is 1.35. The van der Waals surface area contributed by atoms with Crippen molar-refractivity contribution in [1.29, 1.82) is 0 Å². The summed E-state index contributed by atoms with van der Waals surface area (Å²) in [4.78, 5) is 21.9. The van der Waals surface area contributed by atoms with Crippen molar-refractivity contribution in [2.75, 3.05) is 56.5 Å². The van der Waals surface area contributed by atoms with Crippen molar-refractivity contribution in [1.82, 2.24) is 14.8 Å². The molecular weight excluding hydrogens is 523 g/mol. The minimum atomic E-state index is -4.54. The Morgan fingerprint density at radius 1 is 1.07 bits per heavy atom. The molecule has 2 N–H and O–H groups in total. The molecule has 40 heavy (non-hydrogen) atoms. The first-order valence-corrected chi connectivity index (χ1v) is 13.3. The van der Waals surface area contributed by atoms with Crippen molar-refractivity contribution >= 4 is 17.4 Å². The van der Waals surface area contributed by atoms with Crippen LogP contribution in [0.2, 0.25) is 0 Å². The third-order valence-electron chi connectivity index (χ3n) is 7.08. The van der Waals surface area contributed by atoms with E-state index in [4.69, 9.17) is 9.47 Å². The first kappa shape index (κ1) is 27.7. The summed E-state index contributed by atoms with van der Waals surface area (Å²) in [6.45, 7) is 9.66. The largest absolute Gasteiger partial charge is 0.485 e.